The summed E-state index contributed by atoms with van der Waals surface area (Å²) >= 11 is 1.14. The summed E-state index contributed by atoms with van der Waals surface area (Å²) in [5.74, 6) is -1.03. The van der Waals surface area contributed by atoms with Crippen molar-refractivity contribution in [3.05, 3.63) is 52.4 Å². The van der Waals surface area contributed by atoms with Crippen molar-refractivity contribution in [2.45, 2.75) is 40.5 Å². The Bertz CT molecular complexity index is 853. The van der Waals surface area contributed by atoms with Gasteiger partial charge in [0.25, 0.3) is 5.91 Å². The molecule has 0 spiro atoms. The predicted molar refractivity (Wildman–Crippen MR) is 115 cm³/mol. The second-order valence-corrected chi connectivity index (χ2v) is 8.89. The Kier molecular flexibility index (Phi) is 7.96. The van der Waals surface area contributed by atoms with Gasteiger partial charge in [0.05, 0.1) is 5.00 Å². The average molecular weight is 417 g/mol. The molecule has 1 aromatic carbocycles. The Labute approximate surface area is 175 Å². The average Bonchev–Trinajstić information content (AvgIpc) is 3.03. The standard InChI is InChI=1S/C22H28N2O4S/c1-15-13-18(24-21(27)22(2,3)4)29-19(15)20(26)28-14-17(25)23-12-8-11-16-9-6-5-7-10-16/h5-7,9-10,13H,8,11-12,14H2,1-4H3,(H,23,25)(H,24,27). The van der Waals surface area contributed by atoms with E-state index in [4.69, 9.17) is 4.74 Å². The molecule has 7 heteroatoms. The molecule has 0 aliphatic heterocycles. The lowest BCUT2D eigenvalue weighted by atomic mass is 9.96. The summed E-state index contributed by atoms with van der Waals surface area (Å²) in [6.45, 7) is 7.41. The van der Waals surface area contributed by atoms with Gasteiger partial charge in [-0.1, -0.05) is 51.1 Å². The Morgan fingerprint density at radius 1 is 1.10 bits per heavy atom. The number of thiophene rings is 1. The van der Waals surface area contributed by atoms with Crippen LogP contribution in [-0.2, 0) is 20.7 Å². The lowest BCUT2D eigenvalue weighted by molar-refractivity contribution is -0.124. The monoisotopic (exact) mass is 416 g/mol. The van der Waals surface area contributed by atoms with Crippen LogP contribution in [0.2, 0.25) is 0 Å². The van der Waals surface area contributed by atoms with Crippen LogP contribution in [0.3, 0.4) is 0 Å². The molecule has 0 atom stereocenters. The summed E-state index contributed by atoms with van der Waals surface area (Å²) < 4.78 is 5.12. The van der Waals surface area contributed by atoms with Crippen molar-refractivity contribution in [2.75, 3.05) is 18.5 Å². The maximum absolute atomic E-state index is 12.3. The van der Waals surface area contributed by atoms with E-state index < -0.39 is 11.4 Å². The zero-order valence-electron chi connectivity index (χ0n) is 17.3. The van der Waals surface area contributed by atoms with Crippen LogP contribution in [0.5, 0.6) is 0 Å². The highest BCUT2D eigenvalue weighted by Gasteiger charge is 2.23. The van der Waals surface area contributed by atoms with Gasteiger partial charge in [-0.3, -0.25) is 9.59 Å². The molecule has 2 N–H and O–H groups in total. The summed E-state index contributed by atoms with van der Waals surface area (Å²) in [4.78, 5) is 36.6. The molecule has 0 fully saturated rings. The number of hydrogen-bond donors (Lipinski definition) is 2. The van der Waals surface area contributed by atoms with E-state index in [1.807, 2.05) is 51.1 Å². The van der Waals surface area contributed by atoms with E-state index >= 15 is 0 Å². The van der Waals surface area contributed by atoms with Crippen molar-refractivity contribution in [1.29, 1.82) is 0 Å². The van der Waals surface area contributed by atoms with Gasteiger partial charge in [0.15, 0.2) is 6.61 Å². The Morgan fingerprint density at radius 2 is 1.79 bits per heavy atom. The van der Waals surface area contributed by atoms with E-state index in [9.17, 15) is 14.4 Å². The van der Waals surface area contributed by atoms with Crippen LogP contribution < -0.4 is 10.6 Å². The number of carbonyl (C=O) groups is 3. The highest BCUT2D eigenvalue weighted by molar-refractivity contribution is 7.18. The minimum Gasteiger partial charge on any atom is -0.451 e. The number of nitrogens with one attached hydrogen (secondary N) is 2. The lowest BCUT2D eigenvalue weighted by Gasteiger charge is -2.16. The van der Waals surface area contributed by atoms with Gasteiger partial charge in [0.2, 0.25) is 5.91 Å². The number of esters is 1. The molecule has 1 aromatic heterocycles. The van der Waals surface area contributed by atoms with Crippen LogP contribution in [-0.4, -0.2) is 30.9 Å². The zero-order chi connectivity index (χ0) is 21.4. The number of benzene rings is 1. The summed E-state index contributed by atoms with van der Waals surface area (Å²) in [5, 5.41) is 6.14. The summed E-state index contributed by atoms with van der Waals surface area (Å²) in [6.07, 6.45) is 1.68. The summed E-state index contributed by atoms with van der Waals surface area (Å²) in [5.41, 5.74) is 1.39. The minimum absolute atomic E-state index is 0.131. The van der Waals surface area contributed by atoms with E-state index in [0.717, 1.165) is 24.2 Å². The number of anilines is 1. The van der Waals surface area contributed by atoms with E-state index in [2.05, 4.69) is 10.6 Å². The van der Waals surface area contributed by atoms with E-state index in [1.165, 1.54) is 5.56 Å². The van der Waals surface area contributed by atoms with Gasteiger partial charge in [-0.05, 0) is 37.0 Å². The largest absolute Gasteiger partial charge is 0.451 e. The van der Waals surface area contributed by atoms with Crippen LogP contribution in [0, 0.1) is 12.3 Å². The minimum atomic E-state index is -0.566. The molecule has 1 heterocycles. The summed E-state index contributed by atoms with van der Waals surface area (Å²) in [6, 6.07) is 11.8. The molecule has 2 amide bonds. The van der Waals surface area contributed by atoms with Gasteiger partial charge in [-0.15, -0.1) is 11.3 Å². The number of hydrogen-bond acceptors (Lipinski definition) is 5. The summed E-state index contributed by atoms with van der Waals surface area (Å²) in [7, 11) is 0. The number of ether oxygens (including phenoxy) is 1. The van der Waals surface area contributed by atoms with Crippen molar-refractivity contribution in [3.8, 4) is 0 Å². The molecule has 0 saturated heterocycles. The maximum atomic E-state index is 12.3. The molecule has 2 rings (SSSR count). The smallest absolute Gasteiger partial charge is 0.349 e. The molecule has 6 nitrogen and oxygen atoms in total. The predicted octanol–water partition coefficient (Wildman–Crippen LogP) is 3.95. The van der Waals surface area contributed by atoms with E-state index in [0.29, 0.717) is 22.0 Å². The highest BCUT2D eigenvalue weighted by atomic mass is 32.1. The van der Waals surface area contributed by atoms with Crippen LogP contribution in [0.15, 0.2) is 36.4 Å². The maximum Gasteiger partial charge on any atom is 0.349 e. The molecular formula is C22H28N2O4S. The van der Waals surface area contributed by atoms with Gasteiger partial charge < -0.3 is 15.4 Å². The first kappa shape index (κ1) is 22.6. The van der Waals surface area contributed by atoms with Crippen molar-refractivity contribution in [1.82, 2.24) is 5.32 Å². The topological polar surface area (TPSA) is 84.5 Å². The van der Waals surface area contributed by atoms with Gasteiger partial charge in [-0.25, -0.2) is 4.79 Å². The second-order valence-electron chi connectivity index (χ2n) is 7.84. The molecule has 0 saturated carbocycles. The first-order valence-electron chi connectivity index (χ1n) is 9.56. The van der Waals surface area contributed by atoms with Crippen molar-refractivity contribution < 1.29 is 19.1 Å². The van der Waals surface area contributed by atoms with Crippen molar-refractivity contribution in [3.63, 3.8) is 0 Å². The fourth-order valence-corrected chi connectivity index (χ4v) is 3.42. The Hall–Kier alpha value is -2.67. The van der Waals surface area contributed by atoms with Gasteiger partial charge in [-0.2, -0.15) is 0 Å². The lowest BCUT2D eigenvalue weighted by Crippen LogP contribution is -2.29. The van der Waals surface area contributed by atoms with Crippen molar-refractivity contribution >= 4 is 34.1 Å². The molecule has 0 aliphatic rings. The molecule has 0 radical (unpaired) electrons. The van der Waals surface area contributed by atoms with Crippen LogP contribution >= 0.6 is 11.3 Å². The second kappa shape index (κ2) is 10.2. The fraction of sp³-hybridized carbons (Fsp3) is 0.409. The van der Waals surface area contributed by atoms with Crippen LogP contribution in [0.25, 0.3) is 0 Å². The van der Waals surface area contributed by atoms with Gasteiger partial charge in [0, 0.05) is 12.0 Å². The van der Waals surface area contributed by atoms with Crippen LogP contribution in [0.4, 0.5) is 5.00 Å². The molecule has 0 aliphatic carbocycles. The normalized spacial score (nSPS) is 11.0. The Balaban J connectivity index is 1.75. The quantitative estimate of drug-likeness (QED) is 0.504. The fourth-order valence-electron chi connectivity index (χ4n) is 2.46. The van der Waals surface area contributed by atoms with Gasteiger partial charge >= 0.3 is 5.97 Å². The number of carbonyl (C=O) groups excluding carboxylic acids is 3. The molecular weight excluding hydrogens is 388 g/mol. The molecule has 0 bridgehead atoms. The van der Waals surface area contributed by atoms with E-state index in [-0.39, 0.29) is 18.4 Å². The molecule has 29 heavy (non-hydrogen) atoms. The first-order valence-corrected chi connectivity index (χ1v) is 10.4. The third-order valence-corrected chi connectivity index (χ3v) is 5.30. The van der Waals surface area contributed by atoms with Crippen molar-refractivity contribution in [2.24, 2.45) is 5.41 Å². The van der Waals surface area contributed by atoms with E-state index in [1.54, 1.807) is 13.0 Å². The number of aryl methyl sites for hydroxylation is 2. The SMILES string of the molecule is Cc1cc(NC(=O)C(C)(C)C)sc1C(=O)OCC(=O)NCCCc1ccccc1. The Morgan fingerprint density at radius 3 is 2.45 bits per heavy atom. The number of rotatable bonds is 8. The van der Waals surface area contributed by atoms with Gasteiger partial charge in [0.1, 0.15) is 4.88 Å². The number of amides is 2. The third-order valence-electron chi connectivity index (χ3n) is 4.16. The molecule has 156 valence electrons. The molecule has 0 unspecified atom stereocenters. The molecule has 2 aromatic rings. The zero-order valence-corrected chi connectivity index (χ0v) is 18.2. The third kappa shape index (κ3) is 7.34. The first-order chi connectivity index (χ1) is 13.7. The highest BCUT2D eigenvalue weighted by Crippen LogP contribution is 2.29. The van der Waals surface area contributed by atoms with Crippen LogP contribution in [0.1, 0.15) is 48.0 Å².